The molecule has 0 radical (unpaired) electrons. The minimum absolute atomic E-state index is 0.126. The lowest BCUT2D eigenvalue weighted by molar-refractivity contribution is -0.134. The molecule has 2 heterocycles. The van der Waals surface area contributed by atoms with Gasteiger partial charge in [-0.2, -0.15) is 0 Å². The van der Waals surface area contributed by atoms with Gasteiger partial charge in [-0.05, 0) is 0 Å². The number of nitrogens with zero attached hydrogens (tertiary/aromatic N) is 2. The first-order valence-electron chi connectivity index (χ1n) is 4.54. The van der Waals surface area contributed by atoms with Crippen molar-refractivity contribution >= 4 is 12.1 Å². The molecule has 0 bridgehead atoms. The highest BCUT2D eigenvalue weighted by Crippen LogP contribution is 2.22. The highest BCUT2D eigenvalue weighted by atomic mass is 16.4. The van der Waals surface area contributed by atoms with Crippen LogP contribution in [-0.2, 0) is 4.79 Å². The maximum absolute atomic E-state index is 11.0. The molecule has 1 fully saturated rings. The first-order chi connectivity index (χ1) is 7.11. The molecule has 3 N–H and O–H groups in total. The molecule has 0 unspecified atom stereocenters. The van der Waals surface area contributed by atoms with Gasteiger partial charge in [-0.15, -0.1) is 0 Å². The third kappa shape index (κ3) is 1.50. The van der Waals surface area contributed by atoms with Gasteiger partial charge in [0, 0.05) is 19.6 Å². The summed E-state index contributed by atoms with van der Waals surface area (Å²) >= 11 is 0. The van der Waals surface area contributed by atoms with E-state index in [4.69, 9.17) is 10.2 Å². The average Bonchev–Trinajstić information content (AvgIpc) is 2.62. The third-order valence-electron chi connectivity index (χ3n) is 2.55. The van der Waals surface area contributed by atoms with Gasteiger partial charge in [0.15, 0.2) is 5.70 Å². The minimum Gasteiger partial charge on any atom is -0.477 e. The number of aliphatic carboxylic acids is 1. The number of carbonyl (C=O) groups is 2. The number of carboxylic acid groups (broad SMARTS) is 2. The number of hydrogen-bond donors (Lipinski definition) is 3. The zero-order valence-electron chi connectivity index (χ0n) is 7.93. The van der Waals surface area contributed by atoms with Crippen LogP contribution in [0.1, 0.15) is 0 Å². The number of rotatable bonds is 1. The lowest BCUT2D eigenvalue weighted by atomic mass is 10.2. The maximum Gasteiger partial charge on any atom is 0.412 e. The fourth-order valence-corrected chi connectivity index (χ4v) is 1.88. The second-order valence-corrected chi connectivity index (χ2v) is 3.38. The van der Waals surface area contributed by atoms with Crippen molar-refractivity contribution in [3.63, 3.8) is 0 Å². The van der Waals surface area contributed by atoms with Gasteiger partial charge in [0.2, 0.25) is 0 Å². The molecule has 1 amide bonds. The zero-order chi connectivity index (χ0) is 11.0. The summed E-state index contributed by atoms with van der Waals surface area (Å²) in [5.41, 5.74) is 0.426. The molecule has 0 saturated carbocycles. The van der Waals surface area contributed by atoms with E-state index in [1.165, 1.54) is 0 Å². The summed E-state index contributed by atoms with van der Waals surface area (Å²) < 4.78 is 0. The number of fused-ring (bicyclic) bond motifs is 1. The van der Waals surface area contributed by atoms with Crippen LogP contribution in [-0.4, -0.2) is 58.4 Å². The molecule has 0 aliphatic carbocycles. The quantitative estimate of drug-likeness (QED) is 0.524. The predicted octanol–water partition coefficient (Wildman–Crippen LogP) is -0.861. The third-order valence-corrected chi connectivity index (χ3v) is 2.55. The van der Waals surface area contributed by atoms with E-state index in [-0.39, 0.29) is 12.2 Å². The second kappa shape index (κ2) is 3.43. The van der Waals surface area contributed by atoms with Crippen molar-refractivity contribution in [2.45, 2.75) is 0 Å². The summed E-state index contributed by atoms with van der Waals surface area (Å²) in [6.07, 6.45) is -1.22. The number of nitrogens with one attached hydrogen (secondary N) is 1. The molecule has 82 valence electrons. The number of amides is 1. The normalized spacial score (nSPS) is 20.5. The van der Waals surface area contributed by atoms with Gasteiger partial charge in [0.1, 0.15) is 0 Å². The predicted molar refractivity (Wildman–Crippen MR) is 49.0 cm³/mol. The van der Waals surface area contributed by atoms with Crippen LogP contribution >= 0.6 is 0 Å². The van der Waals surface area contributed by atoms with Gasteiger partial charge < -0.3 is 15.1 Å². The first kappa shape index (κ1) is 9.78. The van der Waals surface area contributed by atoms with Crippen LogP contribution < -0.4 is 5.32 Å². The largest absolute Gasteiger partial charge is 0.477 e. The van der Waals surface area contributed by atoms with E-state index in [1.807, 2.05) is 4.90 Å². The molecule has 2 rings (SSSR count). The molecular weight excluding hydrogens is 202 g/mol. The topological polar surface area (TPSA) is 93.1 Å². The molecule has 0 atom stereocenters. The monoisotopic (exact) mass is 213 g/mol. The Bertz CT molecular complexity index is 352. The van der Waals surface area contributed by atoms with E-state index in [1.54, 1.807) is 0 Å². The average molecular weight is 213 g/mol. The van der Waals surface area contributed by atoms with E-state index in [0.717, 1.165) is 4.90 Å². The van der Waals surface area contributed by atoms with Crippen LogP contribution in [0.25, 0.3) is 0 Å². The summed E-state index contributed by atoms with van der Waals surface area (Å²) in [5.74, 6) is -1.19. The standard InChI is InChI=1S/C8H11N3O4/c12-7(13)6-5-3-9-4-10(5)1-2-11(6)8(14)15/h9H,1-4H2,(H,12,13)(H,14,15). The SMILES string of the molecule is O=C(O)C1=C2CNCN2CCN1C(=O)O. The van der Waals surface area contributed by atoms with E-state index < -0.39 is 12.1 Å². The molecule has 15 heavy (non-hydrogen) atoms. The van der Waals surface area contributed by atoms with Gasteiger partial charge in [0.25, 0.3) is 0 Å². The van der Waals surface area contributed by atoms with Crippen LogP contribution in [0.15, 0.2) is 11.4 Å². The van der Waals surface area contributed by atoms with Crippen LogP contribution in [0.4, 0.5) is 4.79 Å². The molecular formula is C8H11N3O4. The molecule has 2 aliphatic heterocycles. The lowest BCUT2D eigenvalue weighted by Gasteiger charge is -2.32. The summed E-state index contributed by atoms with van der Waals surface area (Å²) in [6.45, 7) is 1.72. The van der Waals surface area contributed by atoms with Crippen molar-refractivity contribution in [1.82, 2.24) is 15.1 Å². The van der Waals surface area contributed by atoms with Gasteiger partial charge in [0.05, 0.1) is 12.4 Å². The highest BCUT2D eigenvalue weighted by molar-refractivity contribution is 5.91. The molecule has 0 spiro atoms. The Balaban J connectivity index is 2.42. The Kier molecular flexibility index (Phi) is 2.24. The van der Waals surface area contributed by atoms with E-state index in [2.05, 4.69) is 5.32 Å². The van der Waals surface area contributed by atoms with Gasteiger partial charge >= 0.3 is 12.1 Å². The number of carboxylic acids is 1. The van der Waals surface area contributed by atoms with Crippen molar-refractivity contribution in [2.24, 2.45) is 0 Å². The van der Waals surface area contributed by atoms with E-state index >= 15 is 0 Å². The zero-order valence-corrected chi connectivity index (χ0v) is 7.93. The Morgan fingerprint density at radius 3 is 2.60 bits per heavy atom. The molecule has 0 aromatic carbocycles. The summed E-state index contributed by atoms with van der Waals surface area (Å²) in [6, 6.07) is 0. The minimum atomic E-state index is -1.22. The Hall–Kier alpha value is -1.76. The van der Waals surface area contributed by atoms with Crippen molar-refractivity contribution in [3.05, 3.63) is 11.4 Å². The van der Waals surface area contributed by atoms with Crippen molar-refractivity contribution < 1.29 is 19.8 Å². The van der Waals surface area contributed by atoms with Crippen LogP contribution in [0.2, 0.25) is 0 Å². The Labute approximate surface area is 85.6 Å². The smallest absolute Gasteiger partial charge is 0.412 e. The van der Waals surface area contributed by atoms with Crippen molar-refractivity contribution in [2.75, 3.05) is 26.3 Å². The lowest BCUT2D eigenvalue weighted by Crippen LogP contribution is -2.45. The summed E-state index contributed by atoms with van der Waals surface area (Å²) in [7, 11) is 0. The molecule has 0 aromatic heterocycles. The summed E-state index contributed by atoms with van der Waals surface area (Å²) in [4.78, 5) is 24.6. The molecule has 2 aliphatic rings. The Morgan fingerprint density at radius 1 is 1.27 bits per heavy atom. The van der Waals surface area contributed by atoms with Crippen LogP contribution in [0.5, 0.6) is 0 Å². The fraction of sp³-hybridized carbons (Fsp3) is 0.500. The maximum atomic E-state index is 11.0. The summed E-state index contributed by atoms with van der Waals surface area (Å²) in [5, 5.41) is 20.8. The fourth-order valence-electron chi connectivity index (χ4n) is 1.88. The van der Waals surface area contributed by atoms with Gasteiger partial charge in [-0.25, -0.2) is 9.59 Å². The van der Waals surface area contributed by atoms with Crippen LogP contribution in [0, 0.1) is 0 Å². The van der Waals surface area contributed by atoms with E-state index in [0.29, 0.717) is 25.5 Å². The second-order valence-electron chi connectivity index (χ2n) is 3.38. The first-order valence-corrected chi connectivity index (χ1v) is 4.54. The molecule has 7 heteroatoms. The molecule has 7 nitrogen and oxygen atoms in total. The molecule has 0 aromatic rings. The van der Waals surface area contributed by atoms with Crippen LogP contribution in [0.3, 0.4) is 0 Å². The van der Waals surface area contributed by atoms with Crippen molar-refractivity contribution in [1.29, 1.82) is 0 Å². The van der Waals surface area contributed by atoms with Gasteiger partial charge in [-0.1, -0.05) is 0 Å². The Morgan fingerprint density at radius 2 is 2.00 bits per heavy atom. The highest BCUT2D eigenvalue weighted by Gasteiger charge is 2.35. The van der Waals surface area contributed by atoms with E-state index in [9.17, 15) is 9.59 Å². The molecule has 1 saturated heterocycles. The number of hydrogen-bond acceptors (Lipinski definition) is 4. The van der Waals surface area contributed by atoms with Crippen molar-refractivity contribution in [3.8, 4) is 0 Å². The van der Waals surface area contributed by atoms with Gasteiger partial charge in [-0.3, -0.25) is 10.2 Å².